The molecule has 3 rings (SSSR count). The third-order valence-electron chi connectivity index (χ3n) is 4.09. The van der Waals surface area contributed by atoms with E-state index < -0.39 is 4.92 Å². The molecule has 140 valence electrons. The van der Waals surface area contributed by atoms with Crippen LogP contribution in [-0.2, 0) is 17.8 Å². The minimum absolute atomic E-state index is 0.0442. The number of nitrogens with zero attached hydrogens (tertiary/aromatic N) is 3. The molecule has 3 aromatic rings. The molecule has 1 amide bonds. The zero-order valence-corrected chi connectivity index (χ0v) is 16.5. The van der Waals surface area contributed by atoms with E-state index in [9.17, 15) is 14.9 Å². The van der Waals surface area contributed by atoms with Crippen molar-refractivity contribution >= 4 is 44.9 Å². The summed E-state index contributed by atoms with van der Waals surface area (Å²) < 4.78 is 2.74. The van der Waals surface area contributed by atoms with Crippen molar-refractivity contribution in [1.82, 2.24) is 4.57 Å². The molecule has 6 nitrogen and oxygen atoms in total. The molecule has 0 bridgehead atoms. The van der Waals surface area contributed by atoms with Crippen molar-refractivity contribution < 1.29 is 9.72 Å². The predicted molar refractivity (Wildman–Crippen MR) is 110 cm³/mol. The zero-order chi connectivity index (χ0) is 19.2. The van der Waals surface area contributed by atoms with Gasteiger partial charge in [-0.15, -0.1) is 0 Å². The minimum Gasteiger partial charge on any atom is -0.316 e. The molecule has 0 saturated carbocycles. The summed E-state index contributed by atoms with van der Waals surface area (Å²) in [5, 5.41) is 11.0. The van der Waals surface area contributed by atoms with Gasteiger partial charge in [-0.25, -0.2) is 0 Å². The first-order valence-electron chi connectivity index (χ1n) is 8.46. The first kappa shape index (κ1) is 19.3. The van der Waals surface area contributed by atoms with E-state index in [1.165, 1.54) is 17.4 Å². The van der Waals surface area contributed by atoms with Crippen molar-refractivity contribution in [3.05, 3.63) is 69.0 Å². The van der Waals surface area contributed by atoms with E-state index in [4.69, 9.17) is 0 Å². The number of amides is 1. The van der Waals surface area contributed by atoms with Gasteiger partial charge in [0.25, 0.3) is 5.69 Å². The number of hydrogen-bond acceptors (Lipinski definition) is 5. The number of rotatable bonds is 7. The van der Waals surface area contributed by atoms with Crippen LogP contribution < -0.4 is 4.80 Å². The van der Waals surface area contributed by atoms with E-state index in [0.717, 1.165) is 21.5 Å². The molecule has 1 heterocycles. The summed E-state index contributed by atoms with van der Waals surface area (Å²) >= 11 is 3.02. The van der Waals surface area contributed by atoms with E-state index in [2.05, 4.69) is 4.99 Å². The van der Waals surface area contributed by atoms with Crippen molar-refractivity contribution in [3.63, 3.8) is 0 Å². The zero-order valence-electron chi connectivity index (χ0n) is 14.8. The number of nitro benzene ring substituents is 1. The summed E-state index contributed by atoms with van der Waals surface area (Å²) in [4.78, 5) is 27.9. The smallest absolute Gasteiger partial charge is 0.270 e. The van der Waals surface area contributed by atoms with Crippen LogP contribution in [0, 0.1) is 10.1 Å². The summed E-state index contributed by atoms with van der Waals surface area (Å²) in [6.45, 7) is 0.698. The Morgan fingerprint density at radius 3 is 2.74 bits per heavy atom. The van der Waals surface area contributed by atoms with E-state index in [0.29, 0.717) is 24.2 Å². The number of nitro groups is 1. The van der Waals surface area contributed by atoms with Crippen LogP contribution in [-0.4, -0.2) is 27.4 Å². The first-order valence-corrected chi connectivity index (χ1v) is 10.7. The topological polar surface area (TPSA) is 77.5 Å². The van der Waals surface area contributed by atoms with Gasteiger partial charge in [-0.05, 0) is 24.3 Å². The highest BCUT2D eigenvalue weighted by atomic mass is 32.2. The van der Waals surface area contributed by atoms with E-state index in [1.54, 1.807) is 23.9 Å². The molecule has 0 spiro atoms. The lowest BCUT2D eigenvalue weighted by molar-refractivity contribution is -0.384. The van der Waals surface area contributed by atoms with Crippen LogP contribution in [0.3, 0.4) is 0 Å². The Kier molecular flexibility index (Phi) is 6.41. The average Bonchev–Trinajstić information content (AvgIpc) is 3.01. The van der Waals surface area contributed by atoms with Crippen LogP contribution in [0.25, 0.3) is 10.2 Å². The molecule has 0 radical (unpaired) electrons. The lowest BCUT2D eigenvalue weighted by Crippen LogP contribution is -2.18. The van der Waals surface area contributed by atoms with Crippen molar-refractivity contribution in [2.24, 2.45) is 4.99 Å². The number of carbonyl (C=O) groups is 1. The fourth-order valence-corrected chi connectivity index (χ4v) is 4.19. The van der Waals surface area contributed by atoms with Crippen LogP contribution in [0.1, 0.15) is 12.0 Å². The summed E-state index contributed by atoms with van der Waals surface area (Å²) in [6.07, 6.45) is 2.99. The fraction of sp³-hybridized carbons (Fsp3) is 0.263. The highest BCUT2D eigenvalue weighted by Crippen LogP contribution is 2.23. The normalized spacial score (nSPS) is 11.8. The van der Waals surface area contributed by atoms with Crippen LogP contribution >= 0.6 is 23.1 Å². The summed E-state index contributed by atoms with van der Waals surface area (Å²) in [6, 6.07) is 14.6. The third-order valence-corrected chi connectivity index (χ3v) is 5.72. The van der Waals surface area contributed by atoms with E-state index in [-0.39, 0.29) is 11.6 Å². The first-order chi connectivity index (χ1) is 13.1. The number of non-ortho nitro benzene ring substituents is 1. The maximum Gasteiger partial charge on any atom is 0.270 e. The second-order valence-electron chi connectivity index (χ2n) is 5.93. The van der Waals surface area contributed by atoms with Gasteiger partial charge >= 0.3 is 0 Å². The molecule has 0 aliphatic carbocycles. The van der Waals surface area contributed by atoms with Gasteiger partial charge in [0.2, 0.25) is 5.91 Å². The van der Waals surface area contributed by atoms with Crippen molar-refractivity contribution in [2.75, 3.05) is 12.0 Å². The standard InChI is InChI=1S/C19H19N3O3S2/c1-26-12-11-21-16-9-8-15(22(24)25)13-17(16)27-19(21)20-18(23)10-7-14-5-3-2-4-6-14/h2-6,8-9,13H,7,10-12H2,1H3. The van der Waals surface area contributed by atoms with E-state index >= 15 is 0 Å². The number of thiazole rings is 1. The highest BCUT2D eigenvalue weighted by molar-refractivity contribution is 7.98. The summed E-state index contributed by atoms with van der Waals surface area (Å²) in [7, 11) is 0. The highest BCUT2D eigenvalue weighted by Gasteiger charge is 2.12. The number of fused-ring (bicyclic) bond motifs is 1. The molecule has 8 heteroatoms. The fourth-order valence-electron chi connectivity index (χ4n) is 2.72. The molecule has 0 fully saturated rings. The van der Waals surface area contributed by atoms with Crippen LogP contribution in [0.15, 0.2) is 53.5 Å². The second-order valence-corrected chi connectivity index (χ2v) is 7.92. The van der Waals surface area contributed by atoms with Gasteiger partial charge in [-0.3, -0.25) is 14.9 Å². The number of hydrogen-bond donors (Lipinski definition) is 0. The molecule has 0 unspecified atom stereocenters. The quantitative estimate of drug-likeness (QED) is 0.442. The van der Waals surface area contributed by atoms with Crippen molar-refractivity contribution in [1.29, 1.82) is 0 Å². The lowest BCUT2D eigenvalue weighted by atomic mass is 10.1. The molecule has 27 heavy (non-hydrogen) atoms. The molecule has 0 aliphatic rings. The Hall–Kier alpha value is -2.45. The number of benzene rings is 2. The molecule has 0 saturated heterocycles. The molecular weight excluding hydrogens is 382 g/mol. The van der Waals surface area contributed by atoms with Gasteiger partial charge in [-0.2, -0.15) is 16.8 Å². The molecule has 1 aromatic heterocycles. The minimum atomic E-state index is -0.410. The molecule has 0 aliphatic heterocycles. The number of aromatic nitrogens is 1. The SMILES string of the molecule is CSCCn1c(=NC(=O)CCc2ccccc2)sc2cc([N+](=O)[O-])ccc21. The van der Waals surface area contributed by atoms with Crippen LogP contribution in [0.2, 0.25) is 0 Å². The van der Waals surface area contributed by atoms with Gasteiger partial charge < -0.3 is 4.57 Å². The van der Waals surface area contributed by atoms with Crippen LogP contribution in [0.4, 0.5) is 5.69 Å². The maximum atomic E-state index is 12.4. The predicted octanol–water partition coefficient (Wildman–Crippen LogP) is 4.03. The monoisotopic (exact) mass is 401 g/mol. The molecule has 0 N–H and O–H groups in total. The van der Waals surface area contributed by atoms with Gasteiger partial charge in [0.1, 0.15) is 0 Å². The largest absolute Gasteiger partial charge is 0.316 e. The Morgan fingerprint density at radius 1 is 1.26 bits per heavy atom. The summed E-state index contributed by atoms with van der Waals surface area (Å²) in [5.74, 6) is 0.687. The van der Waals surface area contributed by atoms with Gasteiger partial charge in [0.15, 0.2) is 4.80 Å². The molecular formula is C19H19N3O3S2. The van der Waals surface area contributed by atoms with Gasteiger partial charge in [-0.1, -0.05) is 41.7 Å². The van der Waals surface area contributed by atoms with Gasteiger partial charge in [0.05, 0.1) is 15.1 Å². The van der Waals surface area contributed by atoms with Crippen LogP contribution in [0.5, 0.6) is 0 Å². The number of thioether (sulfide) groups is 1. The Morgan fingerprint density at radius 2 is 2.04 bits per heavy atom. The lowest BCUT2D eigenvalue weighted by Gasteiger charge is -2.03. The Balaban J connectivity index is 1.91. The maximum absolute atomic E-state index is 12.4. The third kappa shape index (κ3) is 4.84. The number of carbonyl (C=O) groups excluding carboxylic acids is 1. The second kappa shape index (κ2) is 8.96. The molecule has 2 aromatic carbocycles. The molecule has 0 atom stereocenters. The average molecular weight is 402 g/mol. The summed E-state index contributed by atoms with van der Waals surface area (Å²) in [5.41, 5.74) is 2.01. The Labute approximate surface area is 164 Å². The van der Waals surface area contributed by atoms with Gasteiger partial charge in [0, 0.05) is 30.9 Å². The van der Waals surface area contributed by atoms with Crippen molar-refractivity contribution in [3.8, 4) is 0 Å². The van der Waals surface area contributed by atoms with E-state index in [1.807, 2.05) is 41.2 Å². The number of aryl methyl sites for hydroxylation is 2. The Bertz CT molecular complexity index is 1030. The van der Waals surface area contributed by atoms with Crippen molar-refractivity contribution in [2.45, 2.75) is 19.4 Å².